The molecule has 1 aliphatic rings. The molecule has 1 aliphatic carbocycles. The van der Waals surface area contributed by atoms with E-state index < -0.39 is 0 Å². The lowest BCUT2D eigenvalue weighted by Crippen LogP contribution is -2.39. The summed E-state index contributed by atoms with van der Waals surface area (Å²) in [5.74, 6) is -0.157. The first-order valence-corrected chi connectivity index (χ1v) is 8.50. The zero-order valence-corrected chi connectivity index (χ0v) is 13.7. The van der Waals surface area contributed by atoms with Gasteiger partial charge in [0.05, 0.1) is 11.6 Å². The third-order valence-corrected chi connectivity index (χ3v) is 4.80. The summed E-state index contributed by atoms with van der Waals surface area (Å²) in [6.07, 6.45) is 4.92. The van der Waals surface area contributed by atoms with Crippen molar-refractivity contribution < 1.29 is 4.79 Å². The summed E-state index contributed by atoms with van der Waals surface area (Å²) in [6.45, 7) is 0. The standard InChI is InChI=1S/C18H19N5O2/c24-16-6-3-11-19-23(16)13-9-7-12(8-10-13)20-18(25)17-14-4-1-2-5-15(14)21-22-17/h1-6,11-13H,7-10H2,(H,20,25)(H,21,22). The zero-order valence-electron chi connectivity index (χ0n) is 13.7. The lowest BCUT2D eigenvalue weighted by atomic mass is 9.91. The number of benzene rings is 1. The number of nitrogens with one attached hydrogen (secondary N) is 2. The topological polar surface area (TPSA) is 92.7 Å². The lowest BCUT2D eigenvalue weighted by Gasteiger charge is -2.29. The van der Waals surface area contributed by atoms with Gasteiger partial charge in [-0.25, -0.2) is 4.68 Å². The number of carbonyl (C=O) groups excluding carboxylic acids is 1. The highest BCUT2D eigenvalue weighted by Crippen LogP contribution is 2.27. The molecule has 0 spiro atoms. The van der Waals surface area contributed by atoms with E-state index in [1.807, 2.05) is 24.3 Å². The largest absolute Gasteiger partial charge is 0.348 e. The molecule has 1 amide bonds. The number of aromatic nitrogens is 4. The van der Waals surface area contributed by atoms with Crippen molar-refractivity contribution in [3.63, 3.8) is 0 Å². The first kappa shape index (κ1) is 15.6. The molecule has 128 valence electrons. The van der Waals surface area contributed by atoms with Crippen LogP contribution in [0.4, 0.5) is 0 Å². The van der Waals surface area contributed by atoms with Crippen molar-refractivity contribution in [2.75, 3.05) is 0 Å². The van der Waals surface area contributed by atoms with Gasteiger partial charge in [0, 0.05) is 23.7 Å². The Kier molecular flexibility index (Phi) is 4.05. The smallest absolute Gasteiger partial charge is 0.272 e. The molecule has 4 rings (SSSR count). The molecule has 7 nitrogen and oxygen atoms in total. The molecule has 1 aromatic carbocycles. The van der Waals surface area contributed by atoms with Crippen molar-refractivity contribution in [2.24, 2.45) is 0 Å². The number of nitrogens with zero attached hydrogens (tertiary/aromatic N) is 3. The van der Waals surface area contributed by atoms with E-state index in [-0.39, 0.29) is 23.6 Å². The number of amides is 1. The van der Waals surface area contributed by atoms with E-state index in [4.69, 9.17) is 0 Å². The zero-order chi connectivity index (χ0) is 17.2. The van der Waals surface area contributed by atoms with E-state index in [0.29, 0.717) is 5.69 Å². The minimum Gasteiger partial charge on any atom is -0.348 e. The van der Waals surface area contributed by atoms with Crippen molar-refractivity contribution in [3.8, 4) is 0 Å². The number of para-hydroxylation sites is 1. The first-order valence-electron chi connectivity index (χ1n) is 8.50. The third-order valence-electron chi connectivity index (χ3n) is 4.80. The van der Waals surface area contributed by atoms with Gasteiger partial charge in [-0.2, -0.15) is 10.2 Å². The molecule has 2 heterocycles. The average molecular weight is 337 g/mol. The van der Waals surface area contributed by atoms with Crippen LogP contribution in [0.15, 0.2) is 47.4 Å². The van der Waals surface area contributed by atoms with Crippen molar-refractivity contribution in [2.45, 2.75) is 37.8 Å². The van der Waals surface area contributed by atoms with E-state index >= 15 is 0 Å². The molecular formula is C18H19N5O2. The number of hydrogen-bond donors (Lipinski definition) is 2. The molecule has 0 radical (unpaired) electrons. The maximum absolute atomic E-state index is 12.5. The molecule has 0 unspecified atom stereocenters. The molecule has 0 atom stereocenters. The summed E-state index contributed by atoms with van der Waals surface area (Å²) < 4.78 is 1.55. The summed E-state index contributed by atoms with van der Waals surface area (Å²) in [4.78, 5) is 24.4. The number of fused-ring (bicyclic) bond motifs is 1. The minimum atomic E-state index is -0.157. The van der Waals surface area contributed by atoms with Gasteiger partial charge < -0.3 is 5.32 Å². The molecule has 2 aromatic heterocycles. The monoisotopic (exact) mass is 337 g/mol. The van der Waals surface area contributed by atoms with Gasteiger partial charge in [-0.3, -0.25) is 14.7 Å². The Morgan fingerprint density at radius 1 is 1.12 bits per heavy atom. The molecule has 1 fully saturated rings. The van der Waals surface area contributed by atoms with Gasteiger partial charge in [0.2, 0.25) is 0 Å². The summed E-state index contributed by atoms with van der Waals surface area (Å²) >= 11 is 0. The maximum Gasteiger partial charge on any atom is 0.272 e. The third kappa shape index (κ3) is 3.05. The van der Waals surface area contributed by atoms with Gasteiger partial charge in [0.1, 0.15) is 0 Å². The van der Waals surface area contributed by atoms with E-state index in [2.05, 4.69) is 20.6 Å². The fourth-order valence-corrected chi connectivity index (χ4v) is 3.50. The van der Waals surface area contributed by atoms with Gasteiger partial charge in [0.15, 0.2) is 5.69 Å². The summed E-state index contributed by atoms with van der Waals surface area (Å²) in [6, 6.07) is 11.0. The van der Waals surface area contributed by atoms with Crippen LogP contribution in [0.25, 0.3) is 10.9 Å². The molecular weight excluding hydrogens is 318 g/mol. The van der Waals surface area contributed by atoms with Crippen LogP contribution >= 0.6 is 0 Å². The molecule has 2 N–H and O–H groups in total. The average Bonchev–Trinajstić information content (AvgIpc) is 3.07. The second-order valence-electron chi connectivity index (χ2n) is 6.40. The number of carbonyl (C=O) groups is 1. The van der Waals surface area contributed by atoms with Crippen LogP contribution in [-0.2, 0) is 0 Å². The minimum absolute atomic E-state index is 0.0713. The van der Waals surface area contributed by atoms with Gasteiger partial charge in [-0.1, -0.05) is 18.2 Å². The van der Waals surface area contributed by atoms with E-state index in [0.717, 1.165) is 36.6 Å². The number of aromatic amines is 1. The van der Waals surface area contributed by atoms with Crippen LogP contribution < -0.4 is 10.9 Å². The van der Waals surface area contributed by atoms with Crippen LogP contribution in [0.2, 0.25) is 0 Å². The SMILES string of the molecule is O=C(NC1CCC(n2ncccc2=O)CC1)c1n[nH]c2ccccc12. The second-order valence-corrected chi connectivity index (χ2v) is 6.40. The lowest BCUT2D eigenvalue weighted by molar-refractivity contribution is 0.0918. The molecule has 0 saturated heterocycles. The number of rotatable bonds is 3. The quantitative estimate of drug-likeness (QED) is 0.765. The van der Waals surface area contributed by atoms with Crippen LogP contribution in [0.1, 0.15) is 42.2 Å². The molecule has 0 bridgehead atoms. The van der Waals surface area contributed by atoms with E-state index in [9.17, 15) is 9.59 Å². The second kappa shape index (κ2) is 6.51. The first-order chi connectivity index (χ1) is 12.2. The molecule has 7 heteroatoms. The fraction of sp³-hybridized carbons (Fsp3) is 0.333. The van der Waals surface area contributed by atoms with E-state index in [1.54, 1.807) is 16.9 Å². The number of H-pyrrole nitrogens is 1. The van der Waals surface area contributed by atoms with Gasteiger partial charge in [-0.15, -0.1) is 0 Å². The van der Waals surface area contributed by atoms with Crippen molar-refractivity contribution in [3.05, 3.63) is 58.6 Å². The summed E-state index contributed by atoms with van der Waals surface area (Å²) in [5.41, 5.74) is 1.21. The number of hydrogen-bond acceptors (Lipinski definition) is 4. The predicted octanol–water partition coefficient (Wildman–Crippen LogP) is 2.03. The van der Waals surface area contributed by atoms with Gasteiger partial charge in [0.25, 0.3) is 11.5 Å². The van der Waals surface area contributed by atoms with Crippen LogP contribution in [-0.4, -0.2) is 31.9 Å². The highest BCUT2D eigenvalue weighted by atomic mass is 16.2. The van der Waals surface area contributed by atoms with Gasteiger partial charge >= 0.3 is 0 Å². The Morgan fingerprint density at radius 3 is 2.72 bits per heavy atom. The van der Waals surface area contributed by atoms with Crippen molar-refractivity contribution in [1.82, 2.24) is 25.3 Å². The maximum atomic E-state index is 12.5. The molecule has 1 saturated carbocycles. The normalized spacial score (nSPS) is 20.5. The predicted molar refractivity (Wildman–Crippen MR) is 93.3 cm³/mol. The van der Waals surface area contributed by atoms with Crippen LogP contribution in [0.3, 0.4) is 0 Å². The van der Waals surface area contributed by atoms with Crippen LogP contribution in [0.5, 0.6) is 0 Å². The highest BCUT2D eigenvalue weighted by Gasteiger charge is 2.25. The summed E-state index contributed by atoms with van der Waals surface area (Å²) in [7, 11) is 0. The van der Waals surface area contributed by atoms with Gasteiger partial charge in [-0.05, 0) is 37.8 Å². The fourth-order valence-electron chi connectivity index (χ4n) is 3.50. The Labute approximate surface area is 144 Å². The molecule has 3 aromatic rings. The Balaban J connectivity index is 1.41. The molecule has 25 heavy (non-hydrogen) atoms. The van der Waals surface area contributed by atoms with Crippen LogP contribution in [0, 0.1) is 0 Å². The van der Waals surface area contributed by atoms with Crippen molar-refractivity contribution >= 4 is 16.8 Å². The Bertz CT molecular complexity index is 953. The highest BCUT2D eigenvalue weighted by molar-refractivity contribution is 6.04. The Hall–Kier alpha value is -2.96. The Morgan fingerprint density at radius 2 is 1.92 bits per heavy atom. The van der Waals surface area contributed by atoms with Crippen molar-refractivity contribution in [1.29, 1.82) is 0 Å². The van der Waals surface area contributed by atoms with E-state index in [1.165, 1.54) is 6.07 Å². The summed E-state index contributed by atoms with van der Waals surface area (Å²) in [5, 5.41) is 15.1. The molecule has 0 aliphatic heterocycles.